The van der Waals surface area contributed by atoms with Crippen LogP contribution in [0.15, 0.2) is 12.1 Å². The molecule has 0 unspecified atom stereocenters. The third-order valence-corrected chi connectivity index (χ3v) is 4.47. The Balaban J connectivity index is 2.10. The van der Waals surface area contributed by atoms with Crippen LogP contribution in [0.5, 0.6) is 0 Å². The van der Waals surface area contributed by atoms with Gasteiger partial charge < -0.3 is 10.2 Å². The molecule has 0 bridgehead atoms. The van der Waals surface area contributed by atoms with Crippen LogP contribution < -0.4 is 5.32 Å². The third kappa shape index (κ3) is 2.60. The van der Waals surface area contributed by atoms with Crippen molar-refractivity contribution in [1.29, 1.82) is 0 Å². The Hall–Kier alpha value is -1.56. The second kappa shape index (κ2) is 5.57. The van der Waals surface area contributed by atoms with Crippen molar-refractivity contribution in [3.63, 3.8) is 0 Å². The van der Waals surface area contributed by atoms with Crippen molar-refractivity contribution in [2.45, 2.75) is 38.4 Å². The number of halogens is 3. The third-order valence-electron chi connectivity index (χ3n) is 4.47. The molecule has 1 aromatic rings. The summed E-state index contributed by atoms with van der Waals surface area (Å²) in [4.78, 5) is 14.3. The van der Waals surface area contributed by atoms with Crippen molar-refractivity contribution >= 4 is 5.91 Å². The fourth-order valence-corrected chi connectivity index (χ4v) is 3.42. The average Bonchev–Trinajstić information content (AvgIpc) is 2.47. The fourth-order valence-electron chi connectivity index (χ4n) is 3.42. The van der Waals surface area contributed by atoms with Crippen molar-refractivity contribution in [2.75, 3.05) is 19.6 Å². The smallest absolute Gasteiger partial charge is 0.333 e. The number of nitrogens with one attached hydrogen (secondary N) is 1. The minimum atomic E-state index is -4.42. The summed E-state index contributed by atoms with van der Waals surface area (Å²) in [5, 5.41) is 3.25. The van der Waals surface area contributed by atoms with Crippen molar-refractivity contribution < 1.29 is 18.0 Å². The first-order valence-corrected chi connectivity index (χ1v) is 7.66. The van der Waals surface area contributed by atoms with Gasteiger partial charge in [0.2, 0.25) is 0 Å². The Labute approximate surface area is 127 Å². The van der Waals surface area contributed by atoms with E-state index in [-0.39, 0.29) is 17.5 Å². The minimum Gasteiger partial charge on any atom is -0.333 e. The summed E-state index contributed by atoms with van der Waals surface area (Å²) in [5.74, 6) is -0.254. The van der Waals surface area contributed by atoms with E-state index in [2.05, 4.69) is 5.32 Å². The van der Waals surface area contributed by atoms with E-state index in [1.54, 1.807) is 4.90 Å². The average molecular weight is 312 g/mol. The highest BCUT2D eigenvalue weighted by molar-refractivity contribution is 5.97. The van der Waals surface area contributed by atoms with Crippen molar-refractivity contribution in [3.05, 3.63) is 34.4 Å². The Kier molecular flexibility index (Phi) is 3.89. The summed E-state index contributed by atoms with van der Waals surface area (Å²) in [6, 6.07) is 2.32. The van der Waals surface area contributed by atoms with E-state index in [1.807, 2.05) is 6.92 Å². The number of nitrogens with zero attached hydrogens (tertiary/aromatic N) is 1. The van der Waals surface area contributed by atoms with Gasteiger partial charge >= 0.3 is 6.18 Å². The van der Waals surface area contributed by atoms with Gasteiger partial charge in [0.25, 0.3) is 5.91 Å². The predicted octanol–water partition coefficient (Wildman–Crippen LogP) is 2.63. The summed E-state index contributed by atoms with van der Waals surface area (Å²) < 4.78 is 39.3. The van der Waals surface area contributed by atoms with Crippen LogP contribution in [0.25, 0.3) is 0 Å². The first-order valence-electron chi connectivity index (χ1n) is 7.66. The molecule has 3 nitrogen and oxygen atoms in total. The molecule has 22 heavy (non-hydrogen) atoms. The zero-order chi connectivity index (χ0) is 15.9. The summed E-state index contributed by atoms with van der Waals surface area (Å²) in [6.07, 6.45) is -2.45. The zero-order valence-electron chi connectivity index (χ0n) is 12.5. The second-order valence-corrected chi connectivity index (χ2v) is 5.97. The lowest BCUT2D eigenvalue weighted by atomic mass is 9.85. The van der Waals surface area contributed by atoms with Gasteiger partial charge in [0.1, 0.15) is 0 Å². The van der Waals surface area contributed by atoms with E-state index in [0.717, 1.165) is 18.1 Å². The van der Waals surface area contributed by atoms with E-state index in [0.29, 0.717) is 38.0 Å². The van der Waals surface area contributed by atoms with E-state index in [4.69, 9.17) is 0 Å². The molecule has 0 aromatic heterocycles. The maximum absolute atomic E-state index is 13.1. The molecule has 0 radical (unpaired) electrons. The fraction of sp³-hybridized carbons (Fsp3) is 0.562. The van der Waals surface area contributed by atoms with Crippen LogP contribution in [0.1, 0.15) is 40.4 Å². The number of aryl methyl sites for hydroxylation is 1. The SMILES string of the molecule is CCCc1cc(C(F)(F)F)cc2c1C[C@@H]1CNCCN1C2=O. The van der Waals surface area contributed by atoms with Crippen LogP contribution in [0.4, 0.5) is 13.2 Å². The van der Waals surface area contributed by atoms with Crippen LogP contribution in [0.3, 0.4) is 0 Å². The quantitative estimate of drug-likeness (QED) is 0.910. The lowest BCUT2D eigenvalue weighted by Gasteiger charge is -2.41. The van der Waals surface area contributed by atoms with Crippen molar-refractivity contribution in [3.8, 4) is 0 Å². The summed E-state index contributed by atoms with van der Waals surface area (Å²) in [5.41, 5.74) is 1.02. The molecule has 1 aromatic carbocycles. The van der Waals surface area contributed by atoms with Gasteiger partial charge in [-0.25, -0.2) is 0 Å². The number of amides is 1. The van der Waals surface area contributed by atoms with Crippen molar-refractivity contribution in [1.82, 2.24) is 10.2 Å². The molecule has 0 spiro atoms. The molecule has 1 fully saturated rings. The lowest BCUT2D eigenvalue weighted by Crippen LogP contribution is -2.57. The molecule has 2 heterocycles. The molecule has 1 saturated heterocycles. The molecule has 0 aliphatic carbocycles. The van der Waals surface area contributed by atoms with Crippen LogP contribution in [-0.2, 0) is 19.0 Å². The normalized spacial score (nSPS) is 21.5. The van der Waals surface area contributed by atoms with Crippen molar-refractivity contribution in [2.24, 2.45) is 0 Å². The molecule has 6 heteroatoms. The monoisotopic (exact) mass is 312 g/mol. The number of benzene rings is 1. The highest BCUT2D eigenvalue weighted by Crippen LogP contribution is 2.35. The molecule has 120 valence electrons. The molecular formula is C16H19F3N2O. The Morgan fingerprint density at radius 1 is 1.36 bits per heavy atom. The van der Waals surface area contributed by atoms with Gasteiger partial charge in [0.05, 0.1) is 5.56 Å². The number of fused-ring (bicyclic) bond motifs is 2. The van der Waals surface area contributed by atoms with Crippen LogP contribution in [0.2, 0.25) is 0 Å². The number of alkyl halides is 3. The number of piperazine rings is 1. The largest absolute Gasteiger partial charge is 0.416 e. The number of hydrogen-bond donors (Lipinski definition) is 1. The van der Waals surface area contributed by atoms with Gasteiger partial charge in [-0.2, -0.15) is 13.2 Å². The molecule has 3 rings (SSSR count). The Morgan fingerprint density at radius 2 is 2.14 bits per heavy atom. The molecule has 2 aliphatic heterocycles. The van der Waals surface area contributed by atoms with Gasteiger partial charge in [0.15, 0.2) is 0 Å². The van der Waals surface area contributed by atoms with Crippen LogP contribution in [0, 0.1) is 0 Å². The molecule has 1 atom stereocenters. The first kappa shape index (κ1) is 15.3. The van der Waals surface area contributed by atoms with Gasteiger partial charge in [-0.3, -0.25) is 4.79 Å². The summed E-state index contributed by atoms with van der Waals surface area (Å²) >= 11 is 0. The highest BCUT2D eigenvalue weighted by Gasteiger charge is 2.38. The maximum atomic E-state index is 13.1. The van der Waals surface area contributed by atoms with Crippen LogP contribution >= 0.6 is 0 Å². The zero-order valence-corrected chi connectivity index (χ0v) is 12.5. The molecule has 1 amide bonds. The van der Waals surface area contributed by atoms with Gasteiger partial charge in [-0.05, 0) is 36.1 Å². The van der Waals surface area contributed by atoms with Gasteiger partial charge in [-0.1, -0.05) is 13.3 Å². The second-order valence-electron chi connectivity index (χ2n) is 5.97. The topological polar surface area (TPSA) is 32.3 Å². The number of carbonyl (C=O) groups excluding carboxylic acids is 1. The van der Waals surface area contributed by atoms with Gasteiger partial charge in [-0.15, -0.1) is 0 Å². The van der Waals surface area contributed by atoms with Crippen LogP contribution in [-0.4, -0.2) is 36.5 Å². The molecule has 1 N–H and O–H groups in total. The van der Waals surface area contributed by atoms with E-state index >= 15 is 0 Å². The lowest BCUT2D eigenvalue weighted by molar-refractivity contribution is -0.137. The van der Waals surface area contributed by atoms with E-state index < -0.39 is 11.7 Å². The maximum Gasteiger partial charge on any atom is 0.416 e. The number of carbonyl (C=O) groups is 1. The predicted molar refractivity (Wildman–Crippen MR) is 76.8 cm³/mol. The molecule has 2 aliphatic rings. The summed E-state index contributed by atoms with van der Waals surface area (Å²) in [7, 11) is 0. The minimum absolute atomic E-state index is 0.0566. The number of hydrogen-bond acceptors (Lipinski definition) is 2. The highest BCUT2D eigenvalue weighted by atomic mass is 19.4. The Bertz CT molecular complexity index is 598. The Morgan fingerprint density at radius 3 is 2.82 bits per heavy atom. The van der Waals surface area contributed by atoms with Gasteiger partial charge in [0, 0.05) is 31.2 Å². The summed E-state index contributed by atoms with van der Waals surface area (Å²) in [6.45, 7) is 3.89. The number of rotatable bonds is 2. The standard InChI is InChI=1S/C16H19F3N2O/c1-2-3-10-6-11(16(17,18)19)7-14-13(10)8-12-9-20-4-5-21(12)15(14)22/h6-7,12,20H,2-5,8-9H2,1H3/t12-/m1/s1. The molecular weight excluding hydrogens is 293 g/mol. The van der Waals surface area contributed by atoms with E-state index in [1.165, 1.54) is 6.07 Å². The van der Waals surface area contributed by atoms with E-state index in [9.17, 15) is 18.0 Å². The molecule has 0 saturated carbocycles. The first-order chi connectivity index (χ1) is 10.4.